The minimum atomic E-state index is -0.327. The molecule has 0 aliphatic carbocycles. The van der Waals surface area contributed by atoms with Crippen LogP contribution in [0.1, 0.15) is 0 Å². The summed E-state index contributed by atoms with van der Waals surface area (Å²) in [7, 11) is 0. The second-order valence-corrected chi connectivity index (χ2v) is 7.19. The molecule has 0 saturated heterocycles. The molecule has 0 radical (unpaired) electrons. The molecule has 28 heavy (non-hydrogen) atoms. The summed E-state index contributed by atoms with van der Waals surface area (Å²) in [6, 6.07) is 16.5. The number of aromatic nitrogens is 4. The van der Waals surface area contributed by atoms with Crippen molar-refractivity contribution in [2.45, 2.75) is 5.03 Å². The van der Waals surface area contributed by atoms with Gasteiger partial charge in [-0.25, -0.2) is 4.39 Å². The molecular formula is C19H13ClFN5OS. The third-order valence-electron chi connectivity index (χ3n) is 3.84. The Kier molecular flexibility index (Phi) is 5.23. The minimum absolute atomic E-state index is 0.164. The normalized spacial score (nSPS) is 10.9. The monoisotopic (exact) mass is 413 g/mol. The van der Waals surface area contributed by atoms with Crippen molar-refractivity contribution in [3.05, 3.63) is 71.5 Å². The fourth-order valence-electron chi connectivity index (χ4n) is 2.52. The first-order chi connectivity index (χ1) is 13.6. The van der Waals surface area contributed by atoms with Crippen LogP contribution in [0.15, 0.2) is 65.7 Å². The SMILES string of the molecule is O=C(CSc1ccc2nnc(-c3ccc(F)cc3)n2n1)Nc1ccccc1Cl. The van der Waals surface area contributed by atoms with E-state index in [-0.39, 0.29) is 17.5 Å². The summed E-state index contributed by atoms with van der Waals surface area (Å²) in [5.74, 6) is 0.143. The summed E-state index contributed by atoms with van der Waals surface area (Å²) in [5.41, 5.74) is 1.82. The number of carbonyl (C=O) groups excluding carboxylic acids is 1. The Hall–Kier alpha value is -2.97. The number of hydrogen-bond donors (Lipinski definition) is 1. The summed E-state index contributed by atoms with van der Waals surface area (Å²) in [4.78, 5) is 12.2. The summed E-state index contributed by atoms with van der Waals surface area (Å²) < 4.78 is 14.7. The van der Waals surface area contributed by atoms with E-state index in [0.717, 1.165) is 0 Å². The molecule has 2 aromatic heterocycles. The van der Waals surface area contributed by atoms with E-state index in [1.165, 1.54) is 23.9 Å². The van der Waals surface area contributed by atoms with Crippen LogP contribution in [0.25, 0.3) is 17.0 Å². The molecule has 2 aromatic carbocycles. The highest BCUT2D eigenvalue weighted by atomic mass is 35.5. The van der Waals surface area contributed by atoms with Crippen molar-refractivity contribution in [1.29, 1.82) is 0 Å². The lowest BCUT2D eigenvalue weighted by Gasteiger charge is -2.07. The van der Waals surface area contributed by atoms with Gasteiger partial charge in [0.05, 0.1) is 16.5 Å². The van der Waals surface area contributed by atoms with E-state index in [0.29, 0.717) is 32.8 Å². The lowest BCUT2D eigenvalue weighted by atomic mass is 10.2. The molecule has 1 N–H and O–H groups in total. The molecule has 9 heteroatoms. The summed E-state index contributed by atoms with van der Waals surface area (Å²) in [6.07, 6.45) is 0. The highest BCUT2D eigenvalue weighted by molar-refractivity contribution is 7.99. The zero-order chi connectivity index (χ0) is 19.5. The maximum Gasteiger partial charge on any atom is 0.234 e. The Balaban J connectivity index is 1.50. The van der Waals surface area contributed by atoms with Crippen LogP contribution in [0, 0.1) is 5.82 Å². The number of thioether (sulfide) groups is 1. The Labute approximate surface area is 168 Å². The van der Waals surface area contributed by atoms with E-state index in [9.17, 15) is 9.18 Å². The van der Waals surface area contributed by atoms with E-state index < -0.39 is 0 Å². The van der Waals surface area contributed by atoms with Gasteiger partial charge in [-0.3, -0.25) is 4.79 Å². The van der Waals surface area contributed by atoms with Gasteiger partial charge in [-0.1, -0.05) is 35.5 Å². The quantitative estimate of drug-likeness (QED) is 0.493. The number of rotatable bonds is 5. The Morgan fingerprint density at radius 2 is 1.86 bits per heavy atom. The molecule has 4 rings (SSSR count). The Morgan fingerprint density at radius 1 is 1.07 bits per heavy atom. The number of nitrogens with one attached hydrogen (secondary N) is 1. The van der Waals surface area contributed by atoms with Gasteiger partial charge < -0.3 is 5.32 Å². The van der Waals surface area contributed by atoms with Gasteiger partial charge in [-0.15, -0.1) is 10.2 Å². The van der Waals surface area contributed by atoms with Crippen molar-refractivity contribution in [2.75, 3.05) is 11.1 Å². The zero-order valence-electron chi connectivity index (χ0n) is 14.3. The molecule has 1 amide bonds. The van der Waals surface area contributed by atoms with E-state index in [1.807, 2.05) is 0 Å². The largest absolute Gasteiger partial charge is 0.324 e. The lowest BCUT2D eigenvalue weighted by Crippen LogP contribution is -2.14. The summed E-state index contributed by atoms with van der Waals surface area (Å²) in [6.45, 7) is 0. The Morgan fingerprint density at radius 3 is 2.64 bits per heavy atom. The van der Waals surface area contributed by atoms with Gasteiger partial charge in [0.2, 0.25) is 5.91 Å². The molecule has 0 aliphatic heterocycles. The molecule has 2 heterocycles. The molecule has 0 spiro atoms. The topological polar surface area (TPSA) is 72.2 Å². The molecule has 0 fully saturated rings. The molecular weight excluding hydrogens is 401 g/mol. The van der Waals surface area contributed by atoms with Crippen molar-refractivity contribution in [2.24, 2.45) is 0 Å². The van der Waals surface area contributed by atoms with Crippen LogP contribution in [0.5, 0.6) is 0 Å². The van der Waals surface area contributed by atoms with Crippen LogP contribution in [-0.2, 0) is 4.79 Å². The molecule has 0 saturated carbocycles. The standard InChI is InChI=1S/C19H13ClFN5OS/c20-14-3-1-2-4-15(14)22-17(27)11-28-18-10-9-16-23-24-19(26(16)25-18)12-5-7-13(21)8-6-12/h1-10H,11H2,(H,22,27). The van der Waals surface area contributed by atoms with E-state index >= 15 is 0 Å². The molecule has 0 unspecified atom stereocenters. The van der Waals surface area contributed by atoms with Crippen LogP contribution in [0.3, 0.4) is 0 Å². The zero-order valence-corrected chi connectivity index (χ0v) is 15.9. The van der Waals surface area contributed by atoms with Gasteiger partial charge in [0.1, 0.15) is 10.8 Å². The maximum atomic E-state index is 13.2. The van der Waals surface area contributed by atoms with Crippen molar-refractivity contribution < 1.29 is 9.18 Å². The van der Waals surface area contributed by atoms with Crippen molar-refractivity contribution in [1.82, 2.24) is 19.8 Å². The molecule has 0 aliphatic rings. The molecule has 0 atom stereocenters. The average Bonchev–Trinajstić information content (AvgIpc) is 3.12. The number of benzene rings is 2. The summed E-state index contributed by atoms with van der Waals surface area (Å²) in [5, 5.41) is 16.6. The number of para-hydroxylation sites is 1. The first kappa shape index (κ1) is 18.4. The van der Waals surface area contributed by atoms with E-state index in [4.69, 9.17) is 11.6 Å². The van der Waals surface area contributed by atoms with Crippen LogP contribution in [0.4, 0.5) is 10.1 Å². The van der Waals surface area contributed by atoms with Gasteiger partial charge >= 0.3 is 0 Å². The van der Waals surface area contributed by atoms with Crippen LogP contribution < -0.4 is 5.32 Å². The number of anilines is 1. The number of carbonyl (C=O) groups is 1. The lowest BCUT2D eigenvalue weighted by molar-refractivity contribution is -0.113. The predicted octanol–water partition coefficient (Wildman–Crippen LogP) is 4.31. The predicted molar refractivity (Wildman–Crippen MR) is 107 cm³/mol. The molecule has 140 valence electrons. The van der Waals surface area contributed by atoms with Crippen LogP contribution in [0.2, 0.25) is 5.02 Å². The maximum absolute atomic E-state index is 13.2. The van der Waals surface area contributed by atoms with Crippen molar-refractivity contribution >= 4 is 40.6 Å². The fraction of sp³-hybridized carbons (Fsp3) is 0.0526. The van der Waals surface area contributed by atoms with Gasteiger partial charge in [0, 0.05) is 5.56 Å². The third kappa shape index (κ3) is 3.97. The van der Waals surface area contributed by atoms with Crippen LogP contribution in [-0.4, -0.2) is 31.5 Å². The van der Waals surface area contributed by atoms with Crippen molar-refractivity contribution in [3.8, 4) is 11.4 Å². The first-order valence-corrected chi connectivity index (χ1v) is 9.62. The first-order valence-electron chi connectivity index (χ1n) is 8.26. The number of halogens is 2. The Bertz CT molecular complexity index is 1150. The van der Waals surface area contributed by atoms with E-state index in [1.54, 1.807) is 53.0 Å². The third-order valence-corrected chi connectivity index (χ3v) is 5.09. The van der Waals surface area contributed by atoms with Crippen molar-refractivity contribution in [3.63, 3.8) is 0 Å². The van der Waals surface area contributed by atoms with Gasteiger partial charge in [0.25, 0.3) is 0 Å². The van der Waals surface area contributed by atoms with Gasteiger partial charge in [0.15, 0.2) is 11.5 Å². The van der Waals surface area contributed by atoms with E-state index in [2.05, 4.69) is 20.6 Å². The van der Waals surface area contributed by atoms with Gasteiger partial charge in [-0.05, 0) is 48.5 Å². The van der Waals surface area contributed by atoms with Crippen LogP contribution >= 0.6 is 23.4 Å². The molecule has 4 aromatic rings. The highest BCUT2D eigenvalue weighted by Gasteiger charge is 2.12. The highest BCUT2D eigenvalue weighted by Crippen LogP contribution is 2.23. The smallest absolute Gasteiger partial charge is 0.234 e. The second-order valence-electron chi connectivity index (χ2n) is 5.79. The van der Waals surface area contributed by atoms with Gasteiger partial charge in [-0.2, -0.15) is 9.61 Å². The number of hydrogen-bond acceptors (Lipinski definition) is 5. The number of fused-ring (bicyclic) bond motifs is 1. The number of amides is 1. The molecule has 6 nitrogen and oxygen atoms in total. The summed E-state index contributed by atoms with van der Waals surface area (Å²) >= 11 is 7.32. The fourth-order valence-corrected chi connectivity index (χ4v) is 3.35. The minimum Gasteiger partial charge on any atom is -0.324 e. The number of nitrogens with zero attached hydrogens (tertiary/aromatic N) is 4. The second kappa shape index (κ2) is 7.95. The average molecular weight is 414 g/mol. The molecule has 0 bridgehead atoms.